The third-order valence-corrected chi connectivity index (χ3v) is 5.66. The van der Waals surface area contributed by atoms with Gasteiger partial charge in [0, 0.05) is 12.6 Å². The number of hydrogen-bond acceptors (Lipinski definition) is 5. The first-order valence-electron chi connectivity index (χ1n) is 10.4. The van der Waals surface area contributed by atoms with Crippen LogP contribution in [-0.2, 0) is 16.2 Å². The monoisotopic (exact) mass is 457 g/mol. The van der Waals surface area contributed by atoms with E-state index in [0.717, 1.165) is 16.9 Å². The number of hydrogen-bond donors (Lipinski definition) is 2. The van der Waals surface area contributed by atoms with Crippen LogP contribution in [-0.4, -0.2) is 17.0 Å². The quantitative estimate of drug-likeness (QED) is 0.484. The van der Waals surface area contributed by atoms with Gasteiger partial charge >= 0.3 is 0 Å². The molecule has 33 heavy (non-hydrogen) atoms. The molecule has 3 aromatic rings. The molecule has 1 saturated heterocycles. The van der Waals surface area contributed by atoms with Gasteiger partial charge in [-0.3, -0.25) is 9.59 Å². The van der Waals surface area contributed by atoms with E-state index in [1.165, 1.54) is 24.2 Å². The molecular formula is C26H23N3O3S. The van der Waals surface area contributed by atoms with Crippen LogP contribution in [0, 0.1) is 6.92 Å². The second-order valence-electron chi connectivity index (χ2n) is 7.56. The van der Waals surface area contributed by atoms with Crippen LogP contribution in [0.15, 0.2) is 82.7 Å². The van der Waals surface area contributed by atoms with Crippen molar-refractivity contribution in [3.63, 3.8) is 0 Å². The Balaban J connectivity index is 1.42. The fourth-order valence-corrected chi connectivity index (χ4v) is 3.96. The third-order valence-electron chi connectivity index (χ3n) is 4.75. The van der Waals surface area contributed by atoms with Crippen LogP contribution >= 0.6 is 11.8 Å². The second-order valence-corrected chi connectivity index (χ2v) is 8.59. The van der Waals surface area contributed by atoms with E-state index in [4.69, 9.17) is 4.74 Å². The van der Waals surface area contributed by atoms with Gasteiger partial charge in [0.25, 0.3) is 5.91 Å². The Kier molecular flexibility index (Phi) is 6.90. The molecule has 0 spiro atoms. The van der Waals surface area contributed by atoms with Gasteiger partial charge in [0.15, 0.2) is 5.17 Å². The van der Waals surface area contributed by atoms with E-state index in [2.05, 4.69) is 46.8 Å². The van der Waals surface area contributed by atoms with Crippen molar-refractivity contribution in [2.24, 2.45) is 4.99 Å². The number of aryl methyl sites for hydroxylation is 1. The minimum absolute atomic E-state index is 0.132. The standard InChI is InChI=1S/C26H23N3O3S/c1-17-6-8-19(9-7-17)16-32-23-5-3-4-20(14-23)15-24-25(31)29-26(33-24)28-22-12-10-21(11-13-22)27-18(2)30/h3-15H,16H2,1-2H3,(H,27,30)(H,28,29,31). The first kappa shape index (κ1) is 22.4. The van der Waals surface area contributed by atoms with Gasteiger partial charge < -0.3 is 15.4 Å². The van der Waals surface area contributed by atoms with Crippen LogP contribution in [0.3, 0.4) is 0 Å². The maximum atomic E-state index is 12.4. The molecule has 2 amide bonds. The number of thioether (sulfide) groups is 1. The van der Waals surface area contributed by atoms with Crippen molar-refractivity contribution in [1.82, 2.24) is 5.32 Å². The van der Waals surface area contributed by atoms with Crippen LogP contribution in [0.5, 0.6) is 5.75 Å². The number of amides is 2. The van der Waals surface area contributed by atoms with Crippen LogP contribution in [0.25, 0.3) is 6.08 Å². The lowest BCUT2D eigenvalue weighted by molar-refractivity contribution is -0.115. The molecule has 1 fully saturated rings. The number of anilines is 1. The molecule has 6 nitrogen and oxygen atoms in total. The number of ether oxygens (including phenoxy) is 1. The summed E-state index contributed by atoms with van der Waals surface area (Å²) in [7, 11) is 0. The molecule has 1 aliphatic heterocycles. The van der Waals surface area contributed by atoms with Crippen molar-refractivity contribution in [2.75, 3.05) is 5.32 Å². The smallest absolute Gasteiger partial charge is 0.264 e. The van der Waals surface area contributed by atoms with Crippen LogP contribution in [0.4, 0.5) is 11.4 Å². The fraction of sp³-hybridized carbons (Fsp3) is 0.115. The largest absolute Gasteiger partial charge is 0.489 e. The number of nitrogens with zero attached hydrogens (tertiary/aromatic N) is 1. The maximum absolute atomic E-state index is 12.4. The first-order chi connectivity index (χ1) is 15.9. The SMILES string of the molecule is CC(=O)Nc1ccc(N=C2NC(=O)C(=Cc3cccc(OCc4ccc(C)cc4)c3)S2)cc1. The number of rotatable bonds is 6. The Morgan fingerprint density at radius 1 is 1.09 bits per heavy atom. The Morgan fingerprint density at radius 2 is 1.85 bits per heavy atom. The Bertz CT molecular complexity index is 1230. The van der Waals surface area contributed by atoms with Gasteiger partial charge in [-0.1, -0.05) is 42.0 Å². The summed E-state index contributed by atoms with van der Waals surface area (Å²) in [5.74, 6) is 0.410. The summed E-state index contributed by atoms with van der Waals surface area (Å²) < 4.78 is 5.91. The number of carbonyl (C=O) groups is 2. The fourth-order valence-electron chi connectivity index (χ4n) is 3.12. The molecule has 166 valence electrons. The van der Waals surface area contributed by atoms with Gasteiger partial charge in [-0.05, 0) is 72.3 Å². The van der Waals surface area contributed by atoms with Crippen LogP contribution in [0.1, 0.15) is 23.6 Å². The molecule has 3 aromatic carbocycles. The highest BCUT2D eigenvalue weighted by molar-refractivity contribution is 8.18. The Labute approximate surface area is 196 Å². The van der Waals surface area contributed by atoms with Gasteiger partial charge in [0.05, 0.1) is 10.6 Å². The summed E-state index contributed by atoms with van der Waals surface area (Å²) in [6, 6.07) is 22.9. The lowest BCUT2D eigenvalue weighted by atomic mass is 10.1. The summed E-state index contributed by atoms with van der Waals surface area (Å²) in [5.41, 5.74) is 4.56. The van der Waals surface area contributed by atoms with Gasteiger partial charge in [-0.15, -0.1) is 0 Å². The predicted octanol–water partition coefficient (Wildman–Crippen LogP) is 5.42. The van der Waals surface area contributed by atoms with Crippen LogP contribution < -0.4 is 15.4 Å². The average Bonchev–Trinajstić information content (AvgIpc) is 3.13. The number of benzene rings is 3. The molecule has 0 aliphatic carbocycles. The zero-order chi connectivity index (χ0) is 23.2. The Morgan fingerprint density at radius 3 is 2.58 bits per heavy atom. The molecule has 0 aromatic heterocycles. The molecular weight excluding hydrogens is 434 g/mol. The van der Waals surface area contributed by atoms with E-state index in [1.807, 2.05) is 30.3 Å². The van der Waals surface area contributed by atoms with E-state index in [1.54, 1.807) is 24.3 Å². The number of nitrogens with one attached hydrogen (secondary N) is 2. The van der Waals surface area contributed by atoms with Crippen molar-refractivity contribution in [2.45, 2.75) is 20.5 Å². The second kappa shape index (κ2) is 10.2. The topological polar surface area (TPSA) is 79.8 Å². The van der Waals surface area contributed by atoms with E-state index >= 15 is 0 Å². The molecule has 0 unspecified atom stereocenters. The zero-order valence-electron chi connectivity index (χ0n) is 18.3. The molecule has 1 aliphatic rings. The minimum atomic E-state index is -0.195. The van der Waals surface area contributed by atoms with Crippen molar-refractivity contribution in [1.29, 1.82) is 0 Å². The molecule has 1 heterocycles. The van der Waals surface area contributed by atoms with E-state index < -0.39 is 0 Å². The highest BCUT2D eigenvalue weighted by Gasteiger charge is 2.23. The third kappa shape index (κ3) is 6.33. The lowest BCUT2D eigenvalue weighted by Gasteiger charge is -2.07. The van der Waals surface area contributed by atoms with Gasteiger partial charge in [-0.25, -0.2) is 4.99 Å². The highest BCUT2D eigenvalue weighted by atomic mass is 32.2. The van der Waals surface area contributed by atoms with Gasteiger partial charge in [0.2, 0.25) is 5.91 Å². The molecule has 2 N–H and O–H groups in total. The number of amidine groups is 1. The zero-order valence-corrected chi connectivity index (χ0v) is 19.1. The normalized spacial score (nSPS) is 15.5. The predicted molar refractivity (Wildman–Crippen MR) is 134 cm³/mol. The van der Waals surface area contributed by atoms with Crippen LogP contribution in [0.2, 0.25) is 0 Å². The Hall–Kier alpha value is -3.84. The average molecular weight is 458 g/mol. The van der Waals surface area contributed by atoms with E-state index in [-0.39, 0.29) is 11.8 Å². The van der Waals surface area contributed by atoms with E-state index in [0.29, 0.717) is 28.1 Å². The number of aliphatic imine (C=N–C) groups is 1. The lowest BCUT2D eigenvalue weighted by Crippen LogP contribution is -2.19. The molecule has 0 radical (unpaired) electrons. The molecule has 0 saturated carbocycles. The van der Waals surface area contributed by atoms with Gasteiger partial charge in [-0.2, -0.15) is 0 Å². The van der Waals surface area contributed by atoms with Gasteiger partial charge in [0.1, 0.15) is 12.4 Å². The summed E-state index contributed by atoms with van der Waals surface area (Å²) >= 11 is 1.28. The van der Waals surface area contributed by atoms with Crippen molar-refractivity contribution in [3.05, 3.63) is 94.4 Å². The van der Waals surface area contributed by atoms with Crippen molar-refractivity contribution >= 4 is 46.2 Å². The molecule has 4 rings (SSSR count). The first-order valence-corrected chi connectivity index (χ1v) is 11.2. The minimum Gasteiger partial charge on any atom is -0.489 e. The molecule has 0 atom stereocenters. The summed E-state index contributed by atoms with van der Waals surface area (Å²) in [6.45, 7) is 3.99. The maximum Gasteiger partial charge on any atom is 0.264 e. The van der Waals surface area contributed by atoms with E-state index in [9.17, 15) is 9.59 Å². The summed E-state index contributed by atoms with van der Waals surface area (Å²) in [4.78, 5) is 28.6. The number of carbonyl (C=O) groups excluding carboxylic acids is 2. The molecule has 7 heteroatoms. The summed E-state index contributed by atoms with van der Waals surface area (Å²) in [5, 5.41) is 6.01. The highest BCUT2D eigenvalue weighted by Crippen LogP contribution is 2.29. The summed E-state index contributed by atoms with van der Waals surface area (Å²) in [6.07, 6.45) is 1.82. The van der Waals surface area contributed by atoms with Crippen molar-refractivity contribution in [3.8, 4) is 5.75 Å². The van der Waals surface area contributed by atoms with Crippen molar-refractivity contribution < 1.29 is 14.3 Å². The molecule has 0 bridgehead atoms.